The monoisotopic (exact) mass is 307 g/mol. The molecule has 0 aliphatic heterocycles. The Hall–Kier alpha value is -2.42. The number of rotatable bonds is 4. The largest absolute Gasteiger partial charge is 0.341 e. The summed E-state index contributed by atoms with van der Waals surface area (Å²) in [6, 6.07) is 16.1. The van der Waals surface area contributed by atoms with Crippen LogP contribution in [0.5, 0.6) is 0 Å². The fraction of sp³-hybridized carbons (Fsp3) is 0. The first-order valence-corrected chi connectivity index (χ1v) is 7.39. The zero-order chi connectivity index (χ0) is 15.3. The van der Waals surface area contributed by atoms with Crippen molar-refractivity contribution in [2.75, 3.05) is 4.90 Å². The fourth-order valence-corrected chi connectivity index (χ4v) is 2.09. The average molecular weight is 307 g/mol. The molecule has 2 amide bonds. The minimum Gasteiger partial charge on any atom is -0.301 e. The van der Waals surface area contributed by atoms with Crippen LogP contribution in [0.4, 0.5) is 16.2 Å². The Morgan fingerprint density at radius 1 is 0.905 bits per heavy atom. The summed E-state index contributed by atoms with van der Waals surface area (Å²) in [5.74, 6) is 0. The van der Waals surface area contributed by atoms with Gasteiger partial charge in [0.05, 0.1) is 11.4 Å². The van der Waals surface area contributed by atoms with E-state index in [1.807, 2.05) is 0 Å². The van der Waals surface area contributed by atoms with Gasteiger partial charge in [0.2, 0.25) is 0 Å². The van der Waals surface area contributed by atoms with Crippen molar-refractivity contribution in [3.63, 3.8) is 0 Å². The molecule has 21 heavy (non-hydrogen) atoms. The topological polar surface area (TPSA) is 98.7 Å². The van der Waals surface area contributed by atoms with E-state index in [-0.39, 0.29) is 0 Å². The van der Waals surface area contributed by atoms with Crippen LogP contribution in [-0.4, -0.2) is 19.7 Å². The summed E-state index contributed by atoms with van der Waals surface area (Å²) in [5, 5.41) is 8.49. The minimum absolute atomic E-state index is 0.481. The number of para-hydroxylation sites is 2. The summed E-state index contributed by atoms with van der Waals surface area (Å²) in [6.45, 7) is 0. The van der Waals surface area contributed by atoms with Gasteiger partial charge in [-0.2, -0.15) is 8.42 Å². The molecular weight excluding hydrogens is 294 g/mol. The zero-order valence-corrected chi connectivity index (χ0v) is 11.6. The molecule has 0 fully saturated rings. The molecule has 110 valence electrons. The molecule has 0 aromatic heterocycles. The number of benzene rings is 2. The third kappa shape index (κ3) is 3.78. The molecule has 0 aliphatic rings. The van der Waals surface area contributed by atoms with Crippen LogP contribution in [0.3, 0.4) is 0 Å². The number of urea groups is 1. The van der Waals surface area contributed by atoms with Crippen molar-refractivity contribution >= 4 is 27.6 Å². The molecule has 0 bridgehead atoms. The van der Waals surface area contributed by atoms with Gasteiger partial charge in [-0.05, 0) is 24.3 Å². The maximum absolute atomic E-state index is 12.2. The summed E-state index contributed by atoms with van der Waals surface area (Å²) in [7, 11) is -4.32. The molecule has 0 spiro atoms. The van der Waals surface area contributed by atoms with Crippen molar-refractivity contribution in [2.45, 2.75) is 0 Å². The molecule has 2 aromatic rings. The van der Waals surface area contributed by atoms with Crippen LogP contribution in [0.1, 0.15) is 0 Å². The number of amides is 2. The Kier molecular flexibility index (Phi) is 4.53. The maximum Gasteiger partial charge on any atom is 0.341 e. The number of anilines is 2. The first-order chi connectivity index (χ1) is 10.0. The van der Waals surface area contributed by atoms with Gasteiger partial charge in [-0.15, -0.1) is 0 Å². The third-order valence-electron chi connectivity index (χ3n) is 2.57. The van der Waals surface area contributed by atoms with Crippen molar-refractivity contribution in [1.29, 1.82) is 0 Å². The number of hydrogen-bond acceptors (Lipinski definition) is 4. The molecule has 2 aromatic carbocycles. The van der Waals surface area contributed by atoms with Crippen LogP contribution in [0.15, 0.2) is 60.7 Å². The highest BCUT2D eigenvalue weighted by molar-refractivity contribution is 7.87. The smallest absolute Gasteiger partial charge is 0.301 e. The second-order valence-electron chi connectivity index (χ2n) is 4.01. The average Bonchev–Trinajstić information content (AvgIpc) is 2.49. The Balaban J connectivity index is 2.40. The van der Waals surface area contributed by atoms with Crippen molar-refractivity contribution < 1.29 is 18.4 Å². The predicted molar refractivity (Wildman–Crippen MR) is 77.4 cm³/mol. The molecule has 0 atom stereocenters. The second-order valence-corrected chi connectivity index (χ2v) is 5.40. The lowest BCUT2D eigenvalue weighted by Crippen LogP contribution is -2.44. The summed E-state index contributed by atoms with van der Waals surface area (Å²) in [5.41, 5.74) is 0.962. The molecule has 3 N–H and O–H groups in total. The van der Waals surface area contributed by atoms with E-state index in [0.29, 0.717) is 11.4 Å². The molecule has 0 saturated carbocycles. The maximum atomic E-state index is 12.2. The summed E-state index contributed by atoms with van der Waals surface area (Å²) >= 11 is 0. The lowest BCUT2D eigenvalue weighted by atomic mass is 10.2. The Morgan fingerprint density at radius 3 is 1.71 bits per heavy atom. The van der Waals surface area contributed by atoms with Gasteiger partial charge in [0.25, 0.3) is 0 Å². The summed E-state index contributed by atoms with van der Waals surface area (Å²) in [6.07, 6.45) is 0. The molecular formula is C13H13N3O4S. The summed E-state index contributed by atoms with van der Waals surface area (Å²) < 4.78 is 24.2. The van der Waals surface area contributed by atoms with E-state index in [2.05, 4.69) is 0 Å². The highest BCUT2D eigenvalue weighted by Gasteiger charge is 2.22. The van der Waals surface area contributed by atoms with Crippen molar-refractivity contribution in [3.8, 4) is 0 Å². The standard InChI is InChI=1S/C13H13N3O4S/c17-13(14-21(19,20)15-18)16(11-7-3-1-4-8-11)12-9-5-2-6-10-12/h1-10,15,18H,(H,14,17). The molecule has 0 unspecified atom stereocenters. The van der Waals surface area contributed by atoms with Crippen molar-refractivity contribution in [3.05, 3.63) is 60.7 Å². The van der Waals surface area contributed by atoms with Crippen LogP contribution in [0, 0.1) is 0 Å². The van der Waals surface area contributed by atoms with E-state index in [4.69, 9.17) is 5.21 Å². The van der Waals surface area contributed by atoms with Crippen LogP contribution >= 0.6 is 0 Å². The van der Waals surface area contributed by atoms with Crippen LogP contribution in [0.2, 0.25) is 0 Å². The van der Waals surface area contributed by atoms with Crippen molar-refractivity contribution in [2.24, 2.45) is 0 Å². The van der Waals surface area contributed by atoms with Gasteiger partial charge in [0.15, 0.2) is 0 Å². The number of nitrogens with zero attached hydrogens (tertiary/aromatic N) is 1. The normalized spacial score (nSPS) is 10.9. The highest BCUT2D eigenvalue weighted by Crippen LogP contribution is 2.24. The SMILES string of the molecule is O=C(NS(=O)(=O)NO)N(c1ccccc1)c1ccccc1. The van der Waals surface area contributed by atoms with Gasteiger partial charge in [-0.25, -0.2) is 9.52 Å². The van der Waals surface area contributed by atoms with E-state index in [1.165, 1.54) is 4.90 Å². The van der Waals surface area contributed by atoms with Gasteiger partial charge in [0, 0.05) is 0 Å². The van der Waals surface area contributed by atoms with Crippen LogP contribution in [0.25, 0.3) is 0 Å². The molecule has 0 saturated heterocycles. The molecule has 0 radical (unpaired) electrons. The molecule has 7 nitrogen and oxygen atoms in total. The highest BCUT2D eigenvalue weighted by atomic mass is 32.2. The molecule has 0 heterocycles. The van der Waals surface area contributed by atoms with E-state index >= 15 is 0 Å². The van der Waals surface area contributed by atoms with E-state index in [9.17, 15) is 13.2 Å². The van der Waals surface area contributed by atoms with Crippen LogP contribution in [-0.2, 0) is 10.2 Å². The van der Waals surface area contributed by atoms with Gasteiger partial charge in [0.1, 0.15) is 0 Å². The van der Waals surface area contributed by atoms with Gasteiger partial charge >= 0.3 is 16.2 Å². The predicted octanol–water partition coefficient (Wildman–Crippen LogP) is 1.76. The Bertz CT molecular complexity index is 665. The number of hydrogen-bond donors (Lipinski definition) is 3. The van der Waals surface area contributed by atoms with E-state index < -0.39 is 16.2 Å². The third-order valence-corrected chi connectivity index (χ3v) is 3.26. The number of nitrogens with one attached hydrogen (secondary N) is 2. The fourth-order valence-electron chi connectivity index (χ4n) is 1.72. The Morgan fingerprint density at radius 2 is 1.33 bits per heavy atom. The number of carbonyl (C=O) groups is 1. The number of carbonyl (C=O) groups excluding carboxylic acids is 1. The second kappa shape index (κ2) is 6.35. The first kappa shape index (κ1) is 15.0. The molecule has 2 rings (SSSR count). The molecule has 8 heteroatoms. The van der Waals surface area contributed by atoms with E-state index in [1.54, 1.807) is 65.4 Å². The Labute approximate surface area is 122 Å². The zero-order valence-electron chi connectivity index (χ0n) is 10.8. The lowest BCUT2D eigenvalue weighted by molar-refractivity contribution is 0.236. The minimum atomic E-state index is -4.32. The lowest BCUT2D eigenvalue weighted by Gasteiger charge is -2.22. The van der Waals surface area contributed by atoms with Gasteiger partial charge < -0.3 is 5.21 Å². The summed E-state index contributed by atoms with van der Waals surface area (Å²) in [4.78, 5) is 14.4. The first-order valence-electron chi connectivity index (χ1n) is 5.91. The van der Waals surface area contributed by atoms with Gasteiger partial charge in [-0.3, -0.25) is 4.90 Å². The van der Waals surface area contributed by atoms with Crippen LogP contribution < -0.4 is 14.5 Å². The quantitative estimate of drug-likeness (QED) is 0.749. The van der Waals surface area contributed by atoms with Crippen molar-refractivity contribution in [1.82, 2.24) is 9.61 Å². The van der Waals surface area contributed by atoms with E-state index in [0.717, 1.165) is 4.89 Å². The van der Waals surface area contributed by atoms with Gasteiger partial charge in [-0.1, -0.05) is 41.3 Å². The molecule has 0 aliphatic carbocycles.